The Balaban J connectivity index is 1.96. The lowest BCUT2D eigenvalue weighted by Gasteiger charge is -2.11. The van der Waals surface area contributed by atoms with Gasteiger partial charge in [-0.2, -0.15) is 8.78 Å². The molecule has 0 radical (unpaired) electrons. The number of carbonyl (C=O) groups is 1. The van der Waals surface area contributed by atoms with E-state index in [2.05, 4.69) is 15.4 Å². The first-order valence-corrected chi connectivity index (χ1v) is 7.30. The van der Waals surface area contributed by atoms with Crippen LogP contribution in [-0.2, 0) is 4.79 Å². The number of non-ortho nitro benzene ring substituents is 1. The maximum absolute atomic E-state index is 12.1. The predicted octanol–water partition coefficient (Wildman–Crippen LogP) is 3.26. The molecule has 2 rings (SSSR count). The molecule has 0 aliphatic carbocycles. The number of carbonyl (C=O) groups excluding carboxylic acids is 1. The number of anilines is 2. The third-order valence-electron chi connectivity index (χ3n) is 3.20. The third kappa shape index (κ3) is 5.30. The lowest BCUT2D eigenvalue weighted by Crippen LogP contribution is -2.22. The van der Waals surface area contributed by atoms with Gasteiger partial charge >= 0.3 is 6.61 Å². The molecule has 0 atom stereocenters. The van der Waals surface area contributed by atoms with Crippen molar-refractivity contribution < 1.29 is 28.0 Å². The topological polar surface area (TPSA) is 103 Å². The van der Waals surface area contributed by atoms with Gasteiger partial charge in [0.25, 0.3) is 5.69 Å². The van der Waals surface area contributed by atoms with Crippen molar-refractivity contribution in [3.8, 4) is 11.5 Å². The summed E-state index contributed by atoms with van der Waals surface area (Å²) in [7, 11) is 1.40. The summed E-state index contributed by atoms with van der Waals surface area (Å²) < 4.78 is 33.5. The molecule has 0 saturated carbocycles. The molecule has 0 aromatic heterocycles. The van der Waals surface area contributed by atoms with Gasteiger partial charge in [0.1, 0.15) is 11.5 Å². The Bertz CT molecular complexity index is 784. The van der Waals surface area contributed by atoms with E-state index in [1.165, 1.54) is 49.6 Å². The van der Waals surface area contributed by atoms with Crippen LogP contribution in [0.25, 0.3) is 0 Å². The van der Waals surface area contributed by atoms with E-state index in [1.807, 2.05) is 0 Å². The molecule has 2 aromatic carbocycles. The Labute approximate surface area is 146 Å². The van der Waals surface area contributed by atoms with Crippen LogP contribution in [0.2, 0.25) is 0 Å². The molecule has 0 aliphatic heterocycles. The van der Waals surface area contributed by atoms with Crippen LogP contribution >= 0.6 is 0 Å². The fourth-order valence-electron chi connectivity index (χ4n) is 2.05. The number of benzene rings is 2. The van der Waals surface area contributed by atoms with Crippen LogP contribution in [0, 0.1) is 10.1 Å². The van der Waals surface area contributed by atoms with E-state index in [0.29, 0.717) is 11.4 Å². The highest BCUT2D eigenvalue weighted by atomic mass is 19.3. The number of nitrogens with zero attached hydrogens (tertiary/aromatic N) is 1. The number of nitro groups is 1. The number of halogens is 2. The molecule has 0 fully saturated rings. The first-order chi connectivity index (χ1) is 12.4. The number of rotatable bonds is 8. The van der Waals surface area contributed by atoms with Crippen LogP contribution in [-0.4, -0.2) is 31.1 Å². The van der Waals surface area contributed by atoms with E-state index >= 15 is 0 Å². The van der Waals surface area contributed by atoms with Crippen molar-refractivity contribution in [1.82, 2.24) is 0 Å². The van der Waals surface area contributed by atoms with Crippen LogP contribution in [0.3, 0.4) is 0 Å². The summed E-state index contributed by atoms with van der Waals surface area (Å²) in [6.45, 7) is -3.11. The van der Waals surface area contributed by atoms with Gasteiger partial charge in [-0.15, -0.1) is 0 Å². The zero-order chi connectivity index (χ0) is 19.1. The van der Waals surface area contributed by atoms with Crippen LogP contribution in [0.4, 0.5) is 25.8 Å². The zero-order valence-electron chi connectivity index (χ0n) is 13.6. The molecule has 138 valence electrons. The summed E-state index contributed by atoms with van der Waals surface area (Å²) in [6.07, 6.45) is 0. The van der Waals surface area contributed by atoms with E-state index in [-0.39, 0.29) is 23.7 Å². The normalized spacial score (nSPS) is 10.3. The Morgan fingerprint density at radius 3 is 2.50 bits per heavy atom. The summed E-state index contributed by atoms with van der Waals surface area (Å²) in [6, 6.07) is 9.35. The summed E-state index contributed by atoms with van der Waals surface area (Å²) in [4.78, 5) is 22.2. The van der Waals surface area contributed by atoms with Crippen LogP contribution < -0.4 is 20.1 Å². The minimum atomic E-state index is -2.93. The highest BCUT2D eigenvalue weighted by Crippen LogP contribution is 2.28. The van der Waals surface area contributed by atoms with Crippen molar-refractivity contribution in [3.05, 3.63) is 52.6 Å². The molecule has 10 heteroatoms. The standard InChI is InChI=1S/C16H15F2N3O5/c1-25-14-7-4-11(21(23)24)8-13(14)19-9-15(22)20-10-2-5-12(6-3-10)26-16(17)18/h2-8,16,19H,9H2,1H3,(H,20,22). The number of hydrogen-bond acceptors (Lipinski definition) is 6. The van der Waals surface area contributed by atoms with E-state index in [4.69, 9.17) is 4.74 Å². The number of nitro benzene ring substituents is 1. The molecule has 26 heavy (non-hydrogen) atoms. The van der Waals surface area contributed by atoms with Gasteiger partial charge in [-0.1, -0.05) is 0 Å². The number of hydrogen-bond donors (Lipinski definition) is 2. The third-order valence-corrected chi connectivity index (χ3v) is 3.20. The van der Waals surface area contributed by atoms with Crippen molar-refractivity contribution in [2.45, 2.75) is 6.61 Å². The van der Waals surface area contributed by atoms with Crippen molar-refractivity contribution in [1.29, 1.82) is 0 Å². The van der Waals surface area contributed by atoms with Gasteiger partial charge in [-0.3, -0.25) is 14.9 Å². The van der Waals surface area contributed by atoms with Crippen molar-refractivity contribution in [2.24, 2.45) is 0 Å². The Kier molecular flexibility index (Phi) is 6.25. The first kappa shape index (κ1) is 18.9. The van der Waals surface area contributed by atoms with E-state index in [0.717, 1.165) is 0 Å². The molecule has 0 spiro atoms. The van der Waals surface area contributed by atoms with Crippen LogP contribution in [0.1, 0.15) is 0 Å². The van der Waals surface area contributed by atoms with Gasteiger partial charge in [0.15, 0.2) is 0 Å². The van der Waals surface area contributed by atoms with Crippen molar-refractivity contribution in [3.63, 3.8) is 0 Å². The fraction of sp³-hybridized carbons (Fsp3) is 0.188. The molecule has 0 heterocycles. The largest absolute Gasteiger partial charge is 0.495 e. The number of alkyl halides is 2. The van der Waals surface area contributed by atoms with Gasteiger partial charge in [0, 0.05) is 17.8 Å². The fourth-order valence-corrected chi connectivity index (χ4v) is 2.05. The minimum absolute atomic E-state index is 0.0301. The quantitative estimate of drug-likeness (QED) is 0.548. The van der Waals surface area contributed by atoms with E-state index in [1.54, 1.807) is 0 Å². The number of amides is 1. The Morgan fingerprint density at radius 1 is 1.23 bits per heavy atom. The molecule has 0 unspecified atom stereocenters. The molecule has 8 nitrogen and oxygen atoms in total. The summed E-state index contributed by atoms with van der Waals surface area (Å²) in [5, 5.41) is 16.1. The Morgan fingerprint density at radius 2 is 1.92 bits per heavy atom. The van der Waals surface area contributed by atoms with Gasteiger partial charge in [0.2, 0.25) is 5.91 Å². The second-order valence-corrected chi connectivity index (χ2v) is 4.95. The van der Waals surface area contributed by atoms with Gasteiger partial charge in [-0.25, -0.2) is 0 Å². The maximum atomic E-state index is 12.1. The van der Waals surface area contributed by atoms with Crippen molar-refractivity contribution in [2.75, 3.05) is 24.3 Å². The maximum Gasteiger partial charge on any atom is 0.387 e. The molecule has 0 aliphatic rings. The second-order valence-electron chi connectivity index (χ2n) is 4.95. The summed E-state index contributed by atoms with van der Waals surface area (Å²) >= 11 is 0. The molecule has 1 amide bonds. The minimum Gasteiger partial charge on any atom is -0.495 e. The molecule has 0 bridgehead atoms. The smallest absolute Gasteiger partial charge is 0.387 e. The number of methoxy groups -OCH3 is 1. The number of ether oxygens (including phenoxy) is 2. The van der Waals surface area contributed by atoms with Gasteiger partial charge in [0.05, 0.1) is 24.3 Å². The predicted molar refractivity (Wildman–Crippen MR) is 89.8 cm³/mol. The lowest BCUT2D eigenvalue weighted by molar-refractivity contribution is -0.384. The average molecular weight is 367 g/mol. The van der Waals surface area contributed by atoms with E-state index < -0.39 is 17.4 Å². The van der Waals surface area contributed by atoms with Crippen LogP contribution in [0.15, 0.2) is 42.5 Å². The highest BCUT2D eigenvalue weighted by Gasteiger charge is 2.12. The molecule has 2 aromatic rings. The van der Waals surface area contributed by atoms with E-state index in [9.17, 15) is 23.7 Å². The van der Waals surface area contributed by atoms with Gasteiger partial charge in [-0.05, 0) is 30.3 Å². The average Bonchev–Trinajstić information content (AvgIpc) is 2.60. The second kappa shape index (κ2) is 8.60. The molecule has 0 saturated heterocycles. The molecular formula is C16H15F2N3O5. The first-order valence-electron chi connectivity index (χ1n) is 7.30. The van der Waals surface area contributed by atoms with Crippen molar-refractivity contribution >= 4 is 23.0 Å². The molecule has 2 N–H and O–H groups in total. The SMILES string of the molecule is COc1ccc([N+](=O)[O-])cc1NCC(=O)Nc1ccc(OC(F)F)cc1. The van der Waals surface area contributed by atoms with Crippen LogP contribution in [0.5, 0.6) is 11.5 Å². The highest BCUT2D eigenvalue weighted by molar-refractivity contribution is 5.94. The lowest BCUT2D eigenvalue weighted by atomic mass is 10.2. The zero-order valence-corrected chi connectivity index (χ0v) is 13.6. The Hall–Kier alpha value is -3.43. The van der Waals surface area contributed by atoms with Gasteiger partial charge < -0.3 is 20.1 Å². The number of nitrogens with one attached hydrogen (secondary N) is 2. The molecular weight excluding hydrogens is 352 g/mol. The summed E-state index contributed by atoms with van der Waals surface area (Å²) in [5.74, 6) is -0.129. The summed E-state index contributed by atoms with van der Waals surface area (Å²) in [5.41, 5.74) is 0.519. The monoisotopic (exact) mass is 367 g/mol.